The van der Waals surface area contributed by atoms with Crippen LogP contribution in [0.4, 0.5) is 0 Å². The van der Waals surface area contributed by atoms with Crippen molar-refractivity contribution in [3.63, 3.8) is 0 Å². The maximum Gasteiger partial charge on any atom is 0.170 e. The van der Waals surface area contributed by atoms with Gasteiger partial charge in [-0.2, -0.15) is 0 Å². The Balaban J connectivity index is 2.17. The summed E-state index contributed by atoms with van der Waals surface area (Å²) in [5.74, 6) is 1.58. The van der Waals surface area contributed by atoms with Gasteiger partial charge in [0.25, 0.3) is 0 Å². The van der Waals surface area contributed by atoms with E-state index in [4.69, 9.17) is 9.26 Å². The molecule has 0 aliphatic heterocycles. The van der Waals surface area contributed by atoms with Gasteiger partial charge < -0.3 is 14.4 Å². The molecule has 0 bridgehead atoms. The maximum absolute atomic E-state index is 9.18. The fourth-order valence-corrected chi connectivity index (χ4v) is 2.31. The molecule has 0 amide bonds. The predicted molar refractivity (Wildman–Crippen MR) is 61.8 cm³/mol. The van der Waals surface area contributed by atoms with E-state index in [1.807, 2.05) is 12.1 Å². The highest BCUT2D eigenvalue weighted by Crippen LogP contribution is 2.37. The molecule has 0 saturated carbocycles. The summed E-state index contributed by atoms with van der Waals surface area (Å²) in [6.07, 6.45) is 1.81. The normalized spacial score (nSPS) is 13.1. The molecule has 1 aliphatic rings. The van der Waals surface area contributed by atoms with Crippen molar-refractivity contribution < 1.29 is 14.4 Å². The average molecular weight is 231 g/mol. The molecule has 0 spiro atoms. The second-order valence-corrected chi connectivity index (χ2v) is 4.12. The van der Waals surface area contributed by atoms with Crippen LogP contribution in [-0.4, -0.2) is 17.4 Å². The monoisotopic (exact) mass is 231 g/mol. The van der Waals surface area contributed by atoms with E-state index >= 15 is 0 Å². The largest absolute Gasteiger partial charge is 0.497 e. The first-order valence-corrected chi connectivity index (χ1v) is 5.59. The minimum Gasteiger partial charge on any atom is -0.497 e. The SMILES string of the molecule is COc1ccc2c(c1)-c1onc(CO)c1CC2. The Bertz CT molecular complexity index is 560. The summed E-state index contributed by atoms with van der Waals surface area (Å²) in [6.45, 7) is -0.0713. The second kappa shape index (κ2) is 3.89. The van der Waals surface area contributed by atoms with Crippen LogP contribution in [0.25, 0.3) is 11.3 Å². The first-order valence-electron chi connectivity index (χ1n) is 5.59. The van der Waals surface area contributed by atoms with Crippen molar-refractivity contribution in [2.75, 3.05) is 7.11 Å². The molecule has 0 atom stereocenters. The summed E-state index contributed by atoms with van der Waals surface area (Å²) in [5, 5.41) is 13.1. The van der Waals surface area contributed by atoms with Crippen molar-refractivity contribution in [2.24, 2.45) is 0 Å². The van der Waals surface area contributed by atoms with Gasteiger partial charge in [-0.1, -0.05) is 11.2 Å². The standard InChI is InChI=1S/C13H13NO3/c1-16-9-4-2-8-3-5-10-12(7-15)14-17-13(10)11(8)6-9/h2,4,6,15H,3,5,7H2,1H3. The summed E-state index contributed by atoms with van der Waals surface area (Å²) >= 11 is 0. The Hall–Kier alpha value is -1.81. The Kier molecular flexibility index (Phi) is 2.37. The van der Waals surface area contributed by atoms with E-state index in [1.165, 1.54) is 5.56 Å². The lowest BCUT2D eigenvalue weighted by Gasteiger charge is -2.15. The van der Waals surface area contributed by atoms with Crippen molar-refractivity contribution in [3.05, 3.63) is 35.0 Å². The van der Waals surface area contributed by atoms with Crippen LogP contribution in [0, 0.1) is 0 Å². The van der Waals surface area contributed by atoms with Crippen LogP contribution in [0.1, 0.15) is 16.8 Å². The van der Waals surface area contributed by atoms with Gasteiger partial charge in [-0.25, -0.2) is 0 Å². The Labute approximate surface area is 98.8 Å². The molecule has 3 rings (SSSR count). The van der Waals surface area contributed by atoms with E-state index in [0.29, 0.717) is 5.69 Å². The molecule has 0 unspecified atom stereocenters. The molecule has 1 aliphatic carbocycles. The fraction of sp³-hybridized carbons (Fsp3) is 0.308. The van der Waals surface area contributed by atoms with Crippen LogP contribution in [0.3, 0.4) is 0 Å². The van der Waals surface area contributed by atoms with Gasteiger partial charge in [-0.3, -0.25) is 0 Å². The molecule has 0 radical (unpaired) electrons. The summed E-state index contributed by atoms with van der Waals surface area (Å²) in [5.41, 5.74) is 3.93. The number of methoxy groups -OCH3 is 1. The number of rotatable bonds is 2. The minimum absolute atomic E-state index is 0.0713. The number of fused-ring (bicyclic) bond motifs is 3. The van der Waals surface area contributed by atoms with Crippen molar-refractivity contribution in [3.8, 4) is 17.1 Å². The zero-order valence-electron chi connectivity index (χ0n) is 9.56. The molecule has 1 aromatic heterocycles. The number of nitrogens with zero attached hydrogens (tertiary/aromatic N) is 1. The molecule has 2 aromatic rings. The van der Waals surface area contributed by atoms with Crippen LogP contribution >= 0.6 is 0 Å². The van der Waals surface area contributed by atoms with E-state index in [-0.39, 0.29) is 6.61 Å². The first kappa shape index (κ1) is 10.4. The minimum atomic E-state index is -0.0713. The van der Waals surface area contributed by atoms with E-state index in [0.717, 1.165) is 35.5 Å². The highest BCUT2D eigenvalue weighted by atomic mass is 16.5. The third-order valence-corrected chi connectivity index (χ3v) is 3.23. The molecule has 1 heterocycles. The molecule has 4 heteroatoms. The summed E-state index contributed by atoms with van der Waals surface area (Å²) in [4.78, 5) is 0. The Morgan fingerprint density at radius 3 is 3.06 bits per heavy atom. The molecule has 88 valence electrons. The van der Waals surface area contributed by atoms with Crippen LogP contribution in [-0.2, 0) is 19.4 Å². The van der Waals surface area contributed by atoms with Crippen LogP contribution in [0.5, 0.6) is 5.75 Å². The van der Waals surface area contributed by atoms with Crippen LogP contribution in [0.2, 0.25) is 0 Å². The lowest BCUT2D eigenvalue weighted by Crippen LogP contribution is -2.04. The number of hydrogen-bond acceptors (Lipinski definition) is 4. The van der Waals surface area contributed by atoms with E-state index < -0.39 is 0 Å². The molecule has 17 heavy (non-hydrogen) atoms. The molecular weight excluding hydrogens is 218 g/mol. The zero-order valence-corrected chi connectivity index (χ0v) is 9.56. The maximum atomic E-state index is 9.18. The third-order valence-electron chi connectivity index (χ3n) is 3.23. The third kappa shape index (κ3) is 1.52. The van der Waals surface area contributed by atoms with Gasteiger partial charge in [0, 0.05) is 11.1 Å². The molecule has 0 fully saturated rings. The van der Waals surface area contributed by atoms with Gasteiger partial charge in [-0.15, -0.1) is 0 Å². The quantitative estimate of drug-likeness (QED) is 0.858. The zero-order chi connectivity index (χ0) is 11.8. The first-order chi connectivity index (χ1) is 8.33. The summed E-state index contributed by atoms with van der Waals surface area (Å²) < 4.78 is 10.6. The predicted octanol–water partition coefficient (Wildman–Crippen LogP) is 1.94. The van der Waals surface area contributed by atoms with Crippen molar-refractivity contribution in [1.29, 1.82) is 0 Å². The number of hydrogen-bond donors (Lipinski definition) is 1. The number of aryl methyl sites for hydroxylation is 1. The lowest BCUT2D eigenvalue weighted by molar-refractivity contribution is 0.266. The number of ether oxygens (including phenoxy) is 1. The number of aliphatic hydroxyl groups is 1. The van der Waals surface area contributed by atoms with Gasteiger partial charge in [0.05, 0.1) is 13.7 Å². The Morgan fingerprint density at radius 1 is 1.41 bits per heavy atom. The smallest absolute Gasteiger partial charge is 0.170 e. The average Bonchev–Trinajstić information content (AvgIpc) is 2.81. The Morgan fingerprint density at radius 2 is 2.29 bits per heavy atom. The highest BCUT2D eigenvalue weighted by molar-refractivity contribution is 5.70. The number of benzene rings is 1. The van der Waals surface area contributed by atoms with E-state index in [2.05, 4.69) is 11.2 Å². The van der Waals surface area contributed by atoms with Gasteiger partial charge in [0.15, 0.2) is 5.76 Å². The van der Waals surface area contributed by atoms with Crippen LogP contribution < -0.4 is 4.74 Å². The molecule has 0 saturated heterocycles. The van der Waals surface area contributed by atoms with E-state index in [1.54, 1.807) is 7.11 Å². The van der Waals surface area contributed by atoms with Gasteiger partial charge in [0.2, 0.25) is 0 Å². The molecule has 1 aromatic carbocycles. The molecular formula is C13H13NO3. The van der Waals surface area contributed by atoms with Gasteiger partial charge >= 0.3 is 0 Å². The van der Waals surface area contributed by atoms with Crippen molar-refractivity contribution in [1.82, 2.24) is 5.16 Å². The summed E-state index contributed by atoms with van der Waals surface area (Å²) in [7, 11) is 1.64. The van der Waals surface area contributed by atoms with E-state index in [9.17, 15) is 5.11 Å². The van der Waals surface area contributed by atoms with Crippen LogP contribution in [0.15, 0.2) is 22.7 Å². The summed E-state index contributed by atoms with van der Waals surface area (Å²) in [6, 6.07) is 5.96. The molecule has 1 N–H and O–H groups in total. The highest BCUT2D eigenvalue weighted by Gasteiger charge is 2.24. The lowest BCUT2D eigenvalue weighted by atomic mass is 9.89. The topological polar surface area (TPSA) is 55.5 Å². The number of aliphatic hydroxyl groups excluding tert-OH is 1. The fourth-order valence-electron chi connectivity index (χ4n) is 2.31. The van der Waals surface area contributed by atoms with Gasteiger partial charge in [-0.05, 0) is 30.5 Å². The van der Waals surface area contributed by atoms with Crippen molar-refractivity contribution >= 4 is 0 Å². The molecule has 4 nitrogen and oxygen atoms in total. The van der Waals surface area contributed by atoms with Gasteiger partial charge in [0.1, 0.15) is 11.4 Å². The van der Waals surface area contributed by atoms with Crippen molar-refractivity contribution in [2.45, 2.75) is 19.4 Å². The second-order valence-electron chi connectivity index (χ2n) is 4.12. The number of aromatic nitrogens is 1.